The molecule has 0 unspecified atom stereocenters. The van der Waals surface area contributed by atoms with E-state index >= 15 is 0 Å². The van der Waals surface area contributed by atoms with Crippen LogP contribution in [0.15, 0.2) is 18.2 Å². The molecular formula is C9H7Cl2N3OS. The Bertz CT molecular complexity index is 503. The van der Waals surface area contributed by atoms with Crippen molar-refractivity contribution in [3.05, 3.63) is 28.4 Å². The zero-order chi connectivity index (χ0) is 11.5. The molecule has 0 saturated heterocycles. The first kappa shape index (κ1) is 11.4. The Balaban J connectivity index is 2.23. The Kier molecular flexibility index (Phi) is 3.48. The minimum atomic E-state index is 0.344. The third kappa shape index (κ3) is 2.37. The molecule has 0 spiro atoms. The van der Waals surface area contributed by atoms with Crippen LogP contribution in [0, 0.1) is 0 Å². The van der Waals surface area contributed by atoms with E-state index in [-0.39, 0.29) is 0 Å². The minimum absolute atomic E-state index is 0.344. The number of ether oxygens (including phenoxy) is 1. The second kappa shape index (κ2) is 4.86. The maximum Gasteiger partial charge on any atom is 0.187 e. The Hall–Kier alpha value is -1.04. The van der Waals surface area contributed by atoms with Crippen molar-refractivity contribution < 1.29 is 4.74 Å². The first-order valence-electron chi connectivity index (χ1n) is 4.29. The van der Waals surface area contributed by atoms with E-state index in [1.54, 1.807) is 19.2 Å². The van der Waals surface area contributed by atoms with Crippen LogP contribution in [0.3, 0.4) is 0 Å². The van der Waals surface area contributed by atoms with Gasteiger partial charge in [-0.3, -0.25) is 0 Å². The van der Waals surface area contributed by atoms with Gasteiger partial charge in [-0.15, -0.1) is 0 Å². The molecule has 0 radical (unpaired) electrons. The van der Waals surface area contributed by atoms with Crippen molar-refractivity contribution in [3.8, 4) is 5.75 Å². The third-order valence-electron chi connectivity index (χ3n) is 1.86. The largest absolute Gasteiger partial charge is 0.495 e. The number of halogens is 2. The van der Waals surface area contributed by atoms with Crippen LogP contribution in [-0.2, 0) is 0 Å². The lowest BCUT2D eigenvalue weighted by molar-refractivity contribution is 0.415. The van der Waals surface area contributed by atoms with Crippen molar-refractivity contribution in [2.45, 2.75) is 0 Å². The minimum Gasteiger partial charge on any atom is -0.495 e. The molecule has 4 nitrogen and oxygen atoms in total. The molecule has 0 fully saturated rings. The van der Waals surface area contributed by atoms with Gasteiger partial charge in [0.2, 0.25) is 0 Å². The Morgan fingerprint density at radius 3 is 2.69 bits per heavy atom. The van der Waals surface area contributed by atoms with E-state index in [4.69, 9.17) is 27.9 Å². The van der Waals surface area contributed by atoms with Gasteiger partial charge in [0, 0.05) is 5.69 Å². The summed E-state index contributed by atoms with van der Waals surface area (Å²) in [5.74, 6) is 1.14. The summed E-state index contributed by atoms with van der Waals surface area (Å²) < 4.78 is 12.9. The van der Waals surface area contributed by atoms with Gasteiger partial charge in [-0.2, -0.15) is 8.75 Å². The summed E-state index contributed by atoms with van der Waals surface area (Å²) in [7, 11) is 1.57. The maximum absolute atomic E-state index is 5.98. The summed E-state index contributed by atoms with van der Waals surface area (Å²) in [5, 5.41) is 3.87. The zero-order valence-electron chi connectivity index (χ0n) is 8.20. The Morgan fingerprint density at radius 1 is 1.31 bits per heavy atom. The summed E-state index contributed by atoms with van der Waals surface area (Å²) in [6, 6.07) is 5.31. The normalized spacial score (nSPS) is 10.2. The van der Waals surface area contributed by atoms with Crippen molar-refractivity contribution in [2.24, 2.45) is 0 Å². The van der Waals surface area contributed by atoms with E-state index in [2.05, 4.69) is 14.1 Å². The number of nitrogens with one attached hydrogen (secondary N) is 1. The molecule has 0 bridgehead atoms. The van der Waals surface area contributed by atoms with Gasteiger partial charge in [0.15, 0.2) is 11.0 Å². The number of aromatic nitrogens is 2. The van der Waals surface area contributed by atoms with Crippen molar-refractivity contribution in [1.29, 1.82) is 0 Å². The average molecular weight is 276 g/mol. The molecule has 2 rings (SSSR count). The van der Waals surface area contributed by atoms with Crippen LogP contribution in [0.4, 0.5) is 11.5 Å². The van der Waals surface area contributed by atoms with Gasteiger partial charge >= 0.3 is 0 Å². The van der Waals surface area contributed by atoms with E-state index < -0.39 is 0 Å². The molecule has 0 aliphatic carbocycles. The van der Waals surface area contributed by atoms with E-state index in [1.165, 1.54) is 0 Å². The predicted molar refractivity (Wildman–Crippen MR) is 66.2 cm³/mol. The Morgan fingerprint density at radius 2 is 2.12 bits per heavy atom. The van der Waals surface area contributed by atoms with Crippen LogP contribution >= 0.6 is 34.9 Å². The highest BCUT2D eigenvalue weighted by molar-refractivity contribution is 6.99. The lowest BCUT2D eigenvalue weighted by Gasteiger charge is -2.06. The highest BCUT2D eigenvalue weighted by Gasteiger charge is 2.07. The highest BCUT2D eigenvalue weighted by atomic mass is 35.5. The van der Waals surface area contributed by atoms with Crippen LogP contribution in [-0.4, -0.2) is 15.9 Å². The monoisotopic (exact) mass is 275 g/mol. The van der Waals surface area contributed by atoms with Gasteiger partial charge in [0.1, 0.15) is 5.75 Å². The molecule has 0 saturated carbocycles. The lowest BCUT2D eigenvalue weighted by Crippen LogP contribution is -1.92. The molecule has 0 aliphatic heterocycles. The molecular weight excluding hydrogens is 269 g/mol. The van der Waals surface area contributed by atoms with E-state index in [0.29, 0.717) is 21.7 Å². The van der Waals surface area contributed by atoms with Crippen molar-refractivity contribution >= 4 is 46.4 Å². The molecule has 84 valence electrons. The zero-order valence-corrected chi connectivity index (χ0v) is 10.5. The molecule has 1 N–H and O–H groups in total. The molecule has 2 aromatic rings. The quantitative estimate of drug-likeness (QED) is 0.930. The topological polar surface area (TPSA) is 47.0 Å². The summed E-state index contributed by atoms with van der Waals surface area (Å²) in [6.45, 7) is 0. The van der Waals surface area contributed by atoms with Gasteiger partial charge in [0.05, 0.1) is 23.9 Å². The number of anilines is 2. The smallest absolute Gasteiger partial charge is 0.187 e. The van der Waals surface area contributed by atoms with Crippen LogP contribution in [0.1, 0.15) is 0 Å². The first-order valence-corrected chi connectivity index (χ1v) is 5.78. The van der Waals surface area contributed by atoms with Crippen LogP contribution < -0.4 is 10.1 Å². The molecule has 7 heteroatoms. The summed E-state index contributed by atoms with van der Waals surface area (Å²) in [5.41, 5.74) is 0.778. The van der Waals surface area contributed by atoms with Crippen LogP contribution in [0.25, 0.3) is 0 Å². The average Bonchev–Trinajstić information content (AvgIpc) is 2.65. The third-order valence-corrected chi connectivity index (χ3v) is 3.05. The van der Waals surface area contributed by atoms with E-state index in [1.807, 2.05) is 6.07 Å². The lowest BCUT2D eigenvalue weighted by atomic mass is 10.3. The van der Waals surface area contributed by atoms with Crippen molar-refractivity contribution in [3.63, 3.8) is 0 Å². The Labute approximate surface area is 106 Å². The van der Waals surface area contributed by atoms with Gasteiger partial charge < -0.3 is 10.1 Å². The predicted octanol–water partition coefficient (Wildman–Crippen LogP) is 3.60. The fourth-order valence-electron chi connectivity index (χ4n) is 1.13. The number of nitrogens with zero attached hydrogens (tertiary/aromatic N) is 2. The fraction of sp³-hybridized carbons (Fsp3) is 0.111. The molecule has 1 aromatic carbocycles. The standard InChI is InChI=1S/C9H7Cl2N3OS/c1-15-7-3-2-5(4-6(7)10)12-9-8(11)13-16-14-9/h2-4H,1H3,(H,12,14). The van der Waals surface area contributed by atoms with Crippen molar-refractivity contribution in [2.75, 3.05) is 12.4 Å². The molecule has 0 amide bonds. The maximum atomic E-state index is 5.98. The van der Waals surface area contributed by atoms with Gasteiger partial charge in [-0.25, -0.2) is 0 Å². The molecule has 16 heavy (non-hydrogen) atoms. The van der Waals surface area contributed by atoms with Gasteiger partial charge in [0.25, 0.3) is 0 Å². The number of hydrogen-bond acceptors (Lipinski definition) is 5. The number of benzene rings is 1. The first-order chi connectivity index (χ1) is 7.70. The SMILES string of the molecule is COc1ccc(Nc2nsnc2Cl)cc1Cl. The summed E-state index contributed by atoms with van der Waals surface area (Å²) >= 11 is 12.8. The number of methoxy groups -OCH3 is 1. The highest BCUT2D eigenvalue weighted by Crippen LogP contribution is 2.30. The molecule has 0 atom stereocenters. The van der Waals surface area contributed by atoms with Crippen molar-refractivity contribution in [1.82, 2.24) is 8.75 Å². The second-order valence-electron chi connectivity index (χ2n) is 2.88. The second-order valence-corrected chi connectivity index (χ2v) is 4.17. The fourth-order valence-corrected chi connectivity index (χ4v) is 2.04. The molecule has 1 heterocycles. The van der Waals surface area contributed by atoms with E-state index in [9.17, 15) is 0 Å². The van der Waals surface area contributed by atoms with Crippen LogP contribution in [0.2, 0.25) is 10.2 Å². The van der Waals surface area contributed by atoms with Crippen LogP contribution in [0.5, 0.6) is 5.75 Å². The van der Waals surface area contributed by atoms with Gasteiger partial charge in [-0.05, 0) is 18.2 Å². The summed E-state index contributed by atoms with van der Waals surface area (Å²) in [6.07, 6.45) is 0. The molecule has 1 aromatic heterocycles. The number of hydrogen-bond donors (Lipinski definition) is 1. The van der Waals surface area contributed by atoms with E-state index in [0.717, 1.165) is 17.4 Å². The molecule has 0 aliphatic rings. The summed E-state index contributed by atoms with van der Waals surface area (Å²) in [4.78, 5) is 0. The van der Waals surface area contributed by atoms with Gasteiger partial charge in [-0.1, -0.05) is 23.2 Å². The number of rotatable bonds is 3.